The summed E-state index contributed by atoms with van der Waals surface area (Å²) in [6, 6.07) is -0.202. The minimum Gasteiger partial charge on any atom is -0.358 e. The molecule has 1 aromatic rings. The van der Waals surface area contributed by atoms with Crippen LogP contribution >= 0.6 is 0 Å². The second-order valence-electron chi connectivity index (χ2n) is 2.89. The van der Waals surface area contributed by atoms with E-state index in [4.69, 9.17) is 0 Å². The first-order valence-electron chi connectivity index (χ1n) is 4.44. The van der Waals surface area contributed by atoms with Crippen LogP contribution in [-0.2, 0) is 11.2 Å². The number of hydrogen-bond acceptors (Lipinski definition) is 5. The van der Waals surface area contributed by atoms with E-state index in [1.807, 2.05) is 0 Å². The number of carbonyl (C=O) groups is 1. The lowest BCUT2D eigenvalue weighted by atomic mass is 10.3. The van der Waals surface area contributed by atoms with Gasteiger partial charge in [0.25, 0.3) is 0 Å². The molecule has 0 spiro atoms. The zero-order valence-electron chi connectivity index (χ0n) is 8.28. The van der Waals surface area contributed by atoms with Crippen LogP contribution in [0.3, 0.4) is 0 Å². The molecule has 0 saturated heterocycles. The molecule has 1 aromatic heterocycles. The van der Waals surface area contributed by atoms with Crippen LogP contribution in [0.25, 0.3) is 0 Å². The van der Waals surface area contributed by atoms with Crippen LogP contribution in [0.15, 0.2) is 10.9 Å². The van der Waals surface area contributed by atoms with Crippen LogP contribution in [0.5, 0.6) is 0 Å². The third-order valence-corrected chi connectivity index (χ3v) is 1.85. The van der Waals surface area contributed by atoms with E-state index < -0.39 is 0 Å². The first-order valence-corrected chi connectivity index (χ1v) is 4.44. The summed E-state index contributed by atoms with van der Waals surface area (Å²) in [4.78, 5) is 14.9. The topological polar surface area (TPSA) is 80.0 Å². The van der Waals surface area contributed by atoms with Crippen LogP contribution in [0.4, 0.5) is 0 Å². The molecule has 1 rings (SSSR count). The predicted molar refractivity (Wildman–Crippen MR) is 49.5 cm³/mol. The molecule has 0 aliphatic carbocycles. The summed E-state index contributed by atoms with van der Waals surface area (Å²) in [5.41, 5.74) is 0. The summed E-state index contributed by atoms with van der Waals surface area (Å²) in [5.74, 6) is 0.611. The first kappa shape index (κ1) is 10.6. The Morgan fingerprint density at radius 1 is 1.71 bits per heavy atom. The standard InChI is InChI=1S/C8H14N4O2/c1-6(8(13)9-2)10-4-3-7-11-5-14-12-7/h5-6,10H,3-4H2,1-2H3,(H,9,13). The molecule has 1 atom stereocenters. The van der Waals surface area contributed by atoms with Gasteiger partial charge >= 0.3 is 0 Å². The molecule has 1 unspecified atom stereocenters. The minimum atomic E-state index is -0.202. The largest absolute Gasteiger partial charge is 0.358 e. The molecular formula is C8H14N4O2. The van der Waals surface area contributed by atoms with Gasteiger partial charge in [-0.3, -0.25) is 4.79 Å². The Labute approximate surface area is 82.1 Å². The van der Waals surface area contributed by atoms with Crippen molar-refractivity contribution in [1.29, 1.82) is 0 Å². The molecule has 0 saturated carbocycles. The molecular weight excluding hydrogens is 184 g/mol. The van der Waals surface area contributed by atoms with Gasteiger partial charge in [0.05, 0.1) is 6.04 Å². The molecule has 1 amide bonds. The fourth-order valence-electron chi connectivity index (χ4n) is 1.01. The van der Waals surface area contributed by atoms with Crippen LogP contribution in [0.2, 0.25) is 0 Å². The zero-order chi connectivity index (χ0) is 10.4. The summed E-state index contributed by atoms with van der Waals surface area (Å²) in [6.07, 6.45) is 1.94. The summed E-state index contributed by atoms with van der Waals surface area (Å²) in [5, 5.41) is 9.25. The fraction of sp³-hybridized carbons (Fsp3) is 0.625. The lowest BCUT2D eigenvalue weighted by Crippen LogP contribution is -2.41. The van der Waals surface area contributed by atoms with Gasteiger partial charge < -0.3 is 15.2 Å². The maximum Gasteiger partial charge on any atom is 0.236 e. The Bertz CT molecular complexity index is 273. The number of nitrogens with one attached hydrogen (secondary N) is 2. The number of hydrogen-bond donors (Lipinski definition) is 2. The van der Waals surface area contributed by atoms with Gasteiger partial charge in [-0.1, -0.05) is 5.16 Å². The van der Waals surface area contributed by atoms with Gasteiger partial charge in [0.15, 0.2) is 5.82 Å². The SMILES string of the molecule is CNC(=O)C(C)NCCc1ncon1. The van der Waals surface area contributed by atoms with Gasteiger partial charge in [-0.25, -0.2) is 0 Å². The smallest absolute Gasteiger partial charge is 0.236 e. The van der Waals surface area contributed by atoms with E-state index in [2.05, 4.69) is 25.3 Å². The van der Waals surface area contributed by atoms with E-state index in [0.29, 0.717) is 18.8 Å². The van der Waals surface area contributed by atoms with Crippen molar-refractivity contribution in [3.63, 3.8) is 0 Å². The maximum absolute atomic E-state index is 11.1. The number of nitrogens with zero attached hydrogens (tertiary/aromatic N) is 2. The Kier molecular flexibility index (Phi) is 4.06. The summed E-state index contributed by atoms with van der Waals surface area (Å²) >= 11 is 0. The summed E-state index contributed by atoms with van der Waals surface area (Å²) in [6.45, 7) is 2.45. The molecule has 6 heteroatoms. The van der Waals surface area contributed by atoms with Crippen molar-refractivity contribution in [2.24, 2.45) is 0 Å². The number of amides is 1. The number of likely N-dealkylation sites (N-methyl/N-ethyl adjacent to an activating group) is 1. The van der Waals surface area contributed by atoms with Gasteiger partial charge in [0.1, 0.15) is 0 Å². The second-order valence-corrected chi connectivity index (χ2v) is 2.89. The van der Waals surface area contributed by atoms with Gasteiger partial charge in [-0.2, -0.15) is 4.98 Å². The average molecular weight is 198 g/mol. The lowest BCUT2D eigenvalue weighted by Gasteiger charge is -2.10. The highest BCUT2D eigenvalue weighted by molar-refractivity contribution is 5.80. The molecule has 0 bridgehead atoms. The Morgan fingerprint density at radius 2 is 2.50 bits per heavy atom. The molecule has 14 heavy (non-hydrogen) atoms. The van der Waals surface area contributed by atoms with Gasteiger partial charge in [-0.05, 0) is 6.92 Å². The van der Waals surface area contributed by atoms with Crippen molar-refractivity contribution in [2.45, 2.75) is 19.4 Å². The van der Waals surface area contributed by atoms with Crippen LogP contribution < -0.4 is 10.6 Å². The fourth-order valence-corrected chi connectivity index (χ4v) is 1.01. The average Bonchev–Trinajstić information content (AvgIpc) is 2.69. The normalized spacial score (nSPS) is 12.4. The summed E-state index contributed by atoms with van der Waals surface area (Å²) < 4.78 is 4.57. The van der Waals surface area contributed by atoms with Crippen LogP contribution in [0.1, 0.15) is 12.7 Å². The predicted octanol–water partition coefficient (Wildman–Crippen LogP) is -0.664. The molecule has 0 aromatic carbocycles. The van der Waals surface area contributed by atoms with Crippen LogP contribution in [0, 0.1) is 0 Å². The van der Waals surface area contributed by atoms with Gasteiger partial charge in [-0.15, -0.1) is 0 Å². The van der Waals surface area contributed by atoms with E-state index in [1.54, 1.807) is 14.0 Å². The third-order valence-electron chi connectivity index (χ3n) is 1.85. The van der Waals surface area contributed by atoms with Crippen molar-refractivity contribution >= 4 is 5.91 Å². The maximum atomic E-state index is 11.1. The molecule has 6 nitrogen and oxygen atoms in total. The Hall–Kier alpha value is -1.43. The molecule has 0 fully saturated rings. The first-order chi connectivity index (χ1) is 6.74. The molecule has 0 radical (unpaired) electrons. The quantitative estimate of drug-likeness (QED) is 0.656. The minimum absolute atomic E-state index is 0.0295. The van der Waals surface area contributed by atoms with Crippen molar-refractivity contribution in [2.75, 3.05) is 13.6 Å². The molecule has 0 aliphatic heterocycles. The molecule has 0 aliphatic rings. The third kappa shape index (κ3) is 3.14. The number of rotatable bonds is 5. The van der Waals surface area contributed by atoms with E-state index in [0.717, 1.165) is 0 Å². The molecule has 2 N–H and O–H groups in total. The monoisotopic (exact) mass is 198 g/mol. The second kappa shape index (κ2) is 5.33. The Morgan fingerprint density at radius 3 is 3.07 bits per heavy atom. The van der Waals surface area contributed by atoms with Gasteiger partial charge in [0, 0.05) is 20.0 Å². The number of aromatic nitrogens is 2. The Balaban J connectivity index is 2.18. The van der Waals surface area contributed by atoms with E-state index in [9.17, 15) is 4.79 Å². The number of carbonyl (C=O) groups excluding carboxylic acids is 1. The lowest BCUT2D eigenvalue weighted by molar-refractivity contribution is -0.122. The van der Waals surface area contributed by atoms with Crippen molar-refractivity contribution < 1.29 is 9.32 Å². The summed E-state index contributed by atoms with van der Waals surface area (Å²) in [7, 11) is 1.61. The van der Waals surface area contributed by atoms with E-state index >= 15 is 0 Å². The van der Waals surface area contributed by atoms with E-state index in [1.165, 1.54) is 6.39 Å². The zero-order valence-corrected chi connectivity index (χ0v) is 8.28. The van der Waals surface area contributed by atoms with E-state index in [-0.39, 0.29) is 11.9 Å². The van der Waals surface area contributed by atoms with Crippen LogP contribution in [-0.4, -0.2) is 35.7 Å². The van der Waals surface area contributed by atoms with Crippen molar-refractivity contribution in [3.05, 3.63) is 12.2 Å². The molecule has 1 heterocycles. The van der Waals surface area contributed by atoms with Crippen molar-refractivity contribution in [3.8, 4) is 0 Å². The highest BCUT2D eigenvalue weighted by Gasteiger charge is 2.09. The highest BCUT2D eigenvalue weighted by atomic mass is 16.5. The highest BCUT2D eigenvalue weighted by Crippen LogP contribution is 1.89. The molecule has 78 valence electrons. The van der Waals surface area contributed by atoms with Crippen molar-refractivity contribution in [1.82, 2.24) is 20.8 Å². The van der Waals surface area contributed by atoms with Gasteiger partial charge in [0.2, 0.25) is 12.3 Å².